The van der Waals surface area contributed by atoms with Crippen LogP contribution >= 0.6 is 0 Å². The molecule has 1 N–H and O–H groups in total. The van der Waals surface area contributed by atoms with Gasteiger partial charge in [0, 0.05) is 11.1 Å². The summed E-state index contributed by atoms with van der Waals surface area (Å²) >= 11 is 0. The molecule has 32 heavy (non-hydrogen) atoms. The van der Waals surface area contributed by atoms with Crippen LogP contribution in [0.15, 0.2) is 48.7 Å². The molecule has 7 nitrogen and oxygen atoms in total. The molecule has 0 unspecified atom stereocenters. The predicted octanol–water partition coefficient (Wildman–Crippen LogP) is 3.96. The van der Waals surface area contributed by atoms with Gasteiger partial charge in [0.05, 0.1) is 24.6 Å². The summed E-state index contributed by atoms with van der Waals surface area (Å²) in [4.78, 5) is 18.4. The molecule has 1 aliphatic carbocycles. The van der Waals surface area contributed by atoms with Crippen molar-refractivity contribution < 1.29 is 13.6 Å². The molecular formula is C23H18F2N6O. The molecule has 0 fully saturated rings. The number of anilines is 1. The monoisotopic (exact) mass is 432 g/mol. The number of nitrogens with one attached hydrogen (secondary N) is 1. The van der Waals surface area contributed by atoms with E-state index in [1.165, 1.54) is 17.1 Å². The first kappa shape index (κ1) is 19.9. The summed E-state index contributed by atoms with van der Waals surface area (Å²) in [5, 5.41) is 14.8. The van der Waals surface area contributed by atoms with E-state index in [1.807, 2.05) is 12.1 Å². The molecule has 160 valence electrons. The molecule has 0 saturated heterocycles. The molecule has 1 amide bonds. The van der Waals surface area contributed by atoms with Gasteiger partial charge in [0.2, 0.25) is 5.82 Å². The van der Waals surface area contributed by atoms with Crippen molar-refractivity contribution in [3.05, 3.63) is 77.0 Å². The van der Waals surface area contributed by atoms with Crippen LogP contribution in [-0.4, -0.2) is 31.1 Å². The largest absolute Gasteiger partial charge is 0.320 e. The van der Waals surface area contributed by atoms with Crippen LogP contribution < -0.4 is 5.32 Å². The van der Waals surface area contributed by atoms with Crippen LogP contribution in [0.5, 0.6) is 0 Å². The molecule has 0 atom stereocenters. The van der Waals surface area contributed by atoms with Crippen molar-refractivity contribution in [3.63, 3.8) is 0 Å². The Hall–Kier alpha value is -4.01. The van der Waals surface area contributed by atoms with Crippen molar-refractivity contribution in [1.29, 1.82) is 0 Å². The highest BCUT2D eigenvalue weighted by molar-refractivity contribution is 6.04. The van der Waals surface area contributed by atoms with E-state index in [-0.39, 0.29) is 0 Å². The van der Waals surface area contributed by atoms with Gasteiger partial charge in [0.25, 0.3) is 5.91 Å². The van der Waals surface area contributed by atoms with Crippen molar-refractivity contribution in [2.75, 3.05) is 5.32 Å². The first-order chi connectivity index (χ1) is 15.5. The number of rotatable bonds is 3. The van der Waals surface area contributed by atoms with Gasteiger partial charge in [0.1, 0.15) is 17.2 Å². The number of nitrogens with zero attached hydrogens (tertiary/aromatic N) is 5. The van der Waals surface area contributed by atoms with Gasteiger partial charge in [-0.3, -0.25) is 9.78 Å². The van der Waals surface area contributed by atoms with Gasteiger partial charge < -0.3 is 5.32 Å². The molecule has 1 aliphatic rings. The molecule has 4 aromatic rings. The molecule has 0 radical (unpaired) electrons. The van der Waals surface area contributed by atoms with E-state index in [0.29, 0.717) is 11.5 Å². The van der Waals surface area contributed by atoms with E-state index in [9.17, 15) is 13.6 Å². The van der Waals surface area contributed by atoms with Gasteiger partial charge in [-0.1, -0.05) is 18.2 Å². The maximum atomic E-state index is 13.9. The second kappa shape index (κ2) is 7.92. The Kier molecular flexibility index (Phi) is 4.93. The lowest BCUT2D eigenvalue weighted by atomic mass is 9.98. The van der Waals surface area contributed by atoms with Crippen molar-refractivity contribution in [1.82, 2.24) is 25.2 Å². The molecule has 0 bridgehead atoms. The third-order valence-corrected chi connectivity index (χ3v) is 5.44. The number of amides is 1. The molecule has 5 rings (SSSR count). The lowest BCUT2D eigenvalue weighted by Crippen LogP contribution is -2.16. The fraction of sp³-hybridized carbons (Fsp3) is 0.174. The number of carbonyl (C=O) groups excluding carboxylic acids is 1. The summed E-state index contributed by atoms with van der Waals surface area (Å²) < 4.78 is 27.9. The highest BCUT2D eigenvalue weighted by atomic mass is 19.1. The van der Waals surface area contributed by atoms with Gasteiger partial charge in [-0.05, 0) is 59.9 Å². The van der Waals surface area contributed by atoms with Gasteiger partial charge in [-0.15, -0.1) is 10.2 Å². The number of tetrazole rings is 1. The smallest absolute Gasteiger partial charge is 0.261 e. The Morgan fingerprint density at radius 2 is 1.84 bits per heavy atom. The third-order valence-electron chi connectivity index (χ3n) is 5.44. The SMILES string of the molecule is Cn1nnc(-c2ccc3c(c2)-c2ncc(NC(=O)c4c(F)cccc4F)cc2CCC3)n1. The number of hydrogen-bond acceptors (Lipinski definition) is 5. The summed E-state index contributed by atoms with van der Waals surface area (Å²) in [5.74, 6) is -2.15. The normalized spacial score (nSPS) is 12.6. The van der Waals surface area contributed by atoms with E-state index in [2.05, 4.69) is 31.8 Å². The molecule has 0 spiro atoms. The fourth-order valence-electron chi connectivity index (χ4n) is 3.94. The zero-order chi connectivity index (χ0) is 22.2. The topological polar surface area (TPSA) is 85.6 Å². The second-order valence-electron chi connectivity index (χ2n) is 7.61. The number of benzene rings is 2. The Balaban J connectivity index is 1.49. The average Bonchev–Trinajstić information content (AvgIpc) is 3.12. The fourth-order valence-corrected chi connectivity index (χ4v) is 3.94. The Morgan fingerprint density at radius 3 is 2.59 bits per heavy atom. The Morgan fingerprint density at radius 1 is 1.06 bits per heavy atom. The molecular weight excluding hydrogens is 414 g/mol. The molecule has 2 aromatic heterocycles. The number of carbonyl (C=O) groups is 1. The predicted molar refractivity (Wildman–Crippen MR) is 114 cm³/mol. The molecule has 2 heterocycles. The van der Waals surface area contributed by atoms with Gasteiger partial charge in [-0.2, -0.15) is 4.80 Å². The van der Waals surface area contributed by atoms with Gasteiger partial charge in [-0.25, -0.2) is 8.78 Å². The first-order valence-corrected chi connectivity index (χ1v) is 10.1. The maximum absolute atomic E-state index is 13.9. The standard InChI is InChI=1S/C23H18F2N6O/c1-31-29-22(28-30-31)15-9-8-13-4-2-5-14-10-16(12-26-21(14)17(13)11-15)27-23(32)20-18(24)6-3-7-19(20)25/h3,6-12H,2,4-5H2,1H3,(H,27,32). The molecule has 0 aliphatic heterocycles. The summed E-state index contributed by atoms with van der Waals surface area (Å²) in [5.41, 5.74) is 4.48. The van der Waals surface area contributed by atoms with Crippen LogP contribution in [0.1, 0.15) is 27.9 Å². The highest BCUT2D eigenvalue weighted by Crippen LogP contribution is 2.34. The van der Waals surface area contributed by atoms with Crippen molar-refractivity contribution >= 4 is 11.6 Å². The zero-order valence-electron chi connectivity index (χ0n) is 17.1. The summed E-state index contributed by atoms with van der Waals surface area (Å²) in [6.07, 6.45) is 4.04. The lowest BCUT2D eigenvalue weighted by molar-refractivity contribution is 0.101. The minimum Gasteiger partial charge on any atom is -0.320 e. The quantitative estimate of drug-likeness (QED) is 0.530. The number of aromatic nitrogens is 5. The second-order valence-corrected chi connectivity index (χ2v) is 7.61. The van der Waals surface area contributed by atoms with Crippen LogP contribution in [0.3, 0.4) is 0 Å². The highest BCUT2D eigenvalue weighted by Gasteiger charge is 2.20. The molecule has 2 aromatic carbocycles. The van der Waals surface area contributed by atoms with Crippen LogP contribution in [-0.2, 0) is 19.9 Å². The van der Waals surface area contributed by atoms with Gasteiger partial charge >= 0.3 is 0 Å². The van der Waals surface area contributed by atoms with Crippen LogP contribution in [0.4, 0.5) is 14.5 Å². The van der Waals surface area contributed by atoms with E-state index in [4.69, 9.17) is 0 Å². The number of halogens is 2. The third kappa shape index (κ3) is 3.62. The van der Waals surface area contributed by atoms with Crippen molar-refractivity contribution in [2.45, 2.75) is 19.3 Å². The first-order valence-electron chi connectivity index (χ1n) is 10.1. The number of pyridine rings is 1. The van der Waals surface area contributed by atoms with Crippen LogP contribution in [0.2, 0.25) is 0 Å². The lowest BCUT2D eigenvalue weighted by Gasteiger charge is -2.12. The summed E-state index contributed by atoms with van der Waals surface area (Å²) in [6, 6.07) is 11.1. The van der Waals surface area contributed by atoms with E-state index < -0.39 is 23.1 Å². The molecule has 9 heteroatoms. The van der Waals surface area contributed by atoms with Crippen LogP contribution in [0.25, 0.3) is 22.6 Å². The minimum absolute atomic E-state index is 0.381. The average molecular weight is 432 g/mol. The van der Waals surface area contributed by atoms with Crippen molar-refractivity contribution in [3.8, 4) is 22.6 Å². The number of aryl methyl sites for hydroxylation is 3. The number of fused-ring (bicyclic) bond motifs is 3. The van der Waals surface area contributed by atoms with E-state index >= 15 is 0 Å². The summed E-state index contributed by atoms with van der Waals surface area (Å²) in [6.45, 7) is 0. The minimum atomic E-state index is -0.913. The van der Waals surface area contributed by atoms with E-state index in [1.54, 1.807) is 13.1 Å². The molecule has 0 saturated carbocycles. The van der Waals surface area contributed by atoms with Crippen LogP contribution in [0, 0.1) is 11.6 Å². The van der Waals surface area contributed by atoms with E-state index in [0.717, 1.165) is 59.3 Å². The Bertz CT molecular complexity index is 1330. The zero-order valence-corrected chi connectivity index (χ0v) is 17.1. The van der Waals surface area contributed by atoms with Gasteiger partial charge in [0.15, 0.2) is 0 Å². The Labute approximate surface area is 182 Å². The summed E-state index contributed by atoms with van der Waals surface area (Å²) in [7, 11) is 1.71. The maximum Gasteiger partial charge on any atom is 0.261 e. The van der Waals surface area contributed by atoms with Crippen molar-refractivity contribution in [2.24, 2.45) is 7.05 Å². The number of hydrogen-bond donors (Lipinski definition) is 1.